The van der Waals surface area contributed by atoms with Gasteiger partial charge < -0.3 is 5.32 Å². The van der Waals surface area contributed by atoms with Crippen LogP contribution < -0.4 is 5.32 Å². The summed E-state index contributed by atoms with van der Waals surface area (Å²) in [6, 6.07) is 4.13. The predicted octanol–water partition coefficient (Wildman–Crippen LogP) is 2.62. The van der Waals surface area contributed by atoms with Gasteiger partial charge in [-0.2, -0.15) is 0 Å². The Labute approximate surface area is 98.8 Å². The van der Waals surface area contributed by atoms with Gasteiger partial charge in [0.25, 0.3) is 5.91 Å². The molecule has 0 radical (unpaired) electrons. The van der Waals surface area contributed by atoms with Gasteiger partial charge in [-0.1, -0.05) is 17.7 Å². The van der Waals surface area contributed by atoms with Crippen LogP contribution in [0.5, 0.6) is 0 Å². The second-order valence-corrected chi connectivity index (χ2v) is 3.41. The van der Waals surface area contributed by atoms with E-state index in [0.717, 1.165) is 0 Å². The molecular weight excluding hydrogens is 229 g/mol. The molecule has 0 heterocycles. The molecule has 0 aliphatic rings. The van der Waals surface area contributed by atoms with E-state index in [1.807, 2.05) is 0 Å². The lowest BCUT2D eigenvalue weighted by atomic mass is 10.2. The molecule has 1 aromatic carbocycles. The summed E-state index contributed by atoms with van der Waals surface area (Å²) in [6.07, 6.45) is 0.565. The zero-order chi connectivity index (χ0) is 12.0. The zero-order valence-electron chi connectivity index (χ0n) is 8.81. The second-order valence-electron chi connectivity index (χ2n) is 3.03. The lowest BCUT2D eigenvalue weighted by Gasteiger charge is -2.05. The first-order chi connectivity index (χ1) is 7.66. The molecular formula is C12H11ClFNO. The largest absolute Gasteiger partial charge is 0.351 e. The van der Waals surface area contributed by atoms with E-state index in [0.29, 0.717) is 13.0 Å². The van der Waals surface area contributed by atoms with Gasteiger partial charge in [0.1, 0.15) is 5.82 Å². The first-order valence-corrected chi connectivity index (χ1v) is 5.16. The molecule has 0 spiro atoms. The molecule has 0 bridgehead atoms. The van der Waals surface area contributed by atoms with Crippen molar-refractivity contribution in [2.24, 2.45) is 0 Å². The Bertz CT molecular complexity index is 448. The van der Waals surface area contributed by atoms with E-state index in [-0.39, 0.29) is 16.5 Å². The van der Waals surface area contributed by atoms with Gasteiger partial charge in [-0.05, 0) is 19.1 Å². The first kappa shape index (κ1) is 12.5. The summed E-state index contributed by atoms with van der Waals surface area (Å²) in [5.41, 5.74) is 0.145. The molecule has 84 valence electrons. The average Bonchev–Trinajstić information content (AvgIpc) is 2.28. The normalized spacial score (nSPS) is 9.19. The van der Waals surface area contributed by atoms with E-state index in [4.69, 9.17) is 11.6 Å². The van der Waals surface area contributed by atoms with E-state index >= 15 is 0 Å². The molecule has 0 aliphatic carbocycles. The van der Waals surface area contributed by atoms with Crippen molar-refractivity contribution in [2.45, 2.75) is 13.3 Å². The van der Waals surface area contributed by atoms with Crippen molar-refractivity contribution in [3.05, 3.63) is 34.6 Å². The maximum atomic E-state index is 13.0. The lowest BCUT2D eigenvalue weighted by molar-refractivity contribution is 0.0954. The second kappa shape index (κ2) is 6.14. The van der Waals surface area contributed by atoms with Crippen molar-refractivity contribution >= 4 is 17.5 Å². The van der Waals surface area contributed by atoms with Crippen molar-refractivity contribution in [3.8, 4) is 11.8 Å². The molecule has 0 saturated heterocycles. The zero-order valence-corrected chi connectivity index (χ0v) is 9.57. The molecule has 0 unspecified atom stereocenters. The highest BCUT2D eigenvalue weighted by molar-refractivity contribution is 6.34. The van der Waals surface area contributed by atoms with Crippen molar-refractivity contribution in [1.29, 1.82) is 0 Å². The standard InChI is InChI=1S/C12H11ClFNO/c1-2-3-4-8-15-12(16)9-6-5-7-10(14)11(9)13/h5-7H,4,8H2,1H3,(H,15,16). The summed E-state index contributed by atoms with van der Waals surface area (Å²) >= 11 is 5.66. The molecule has 1 N–H and O–H groups in total. The Hall–Kier alpha value is -1.53. The van der Waals surface area contributed by atoms with Gasteiger partial charge in [-0.15, -0.1) is 11.8 Å². The lowest BCUT2D eigenvalue weighted by Crippen LogP contribution is -2.24. The number of rotatable bonds is 3. The van der Waals surface area contributed by atoms with Gasteiger partial charge >= 0.3 is 0 Å². The van der Waals surface area contributed by atoms with Gasteiger partial charge in [0.15, 0.2) is 0 Å². The van der Waals surface area contributed by atoms with Crippen LogP contribution in [-0.4, -0.2) is 12.5 Å². The highest BCUT2D eigenvalue weighted by atomic mass is 35.5. The monoisotopic (exact) mass is 239 g/mol. The van der Waals surface area contributed by atoms with Crippen molar-refractivity contribution < 1.29 is 9.18 Å². The highest BCUT2D eigenvalue weighted by Gasteiger charge is 2.12. The van der Waals surface area contributed by atoms with Gasteiger partial charge in [0.05, 0.1) is 10.6 Å². The summed E-state index contributed by atoms with van der Waals surface area (Å²) in [5.74, 6) is 4.54. The number of carbonyl (C=O) groups is 1. The molecule has 2 nitrogen and oxygen atoms in total. The molecule has 16 heavy (non-hydrogen) atoms. The van der Waals surface area contributed by atoms with Gasteiger partial charge in [0.2, 0.25) is 0 Å². The topological polar surface area (TPSA) is 29.1 Å². The number of nitrogens with one attached hydrogen (secondary N) is 1. The summed E-state index contributed by atoms with van der Waals surface area (Å²) in [5, 5.41) is 2.46. The van der Waals surface area contributed by atoms with Crippen LogP contribution in [0.3, 0.4) is 0 Å². The minimum atomic E-state index is -0.595. The van der Waals surface area contributed by atoms with Gasteiger partial charge in [0, 0.05) is 13.0 Å². The number of hydrogen-bond acceptors (Lipinski definition) is 1. The minimum Gasteiger partial charge on any atom is -0.351 e. The average molecular weight is 240 g/mol. The summed E-state index contributed by atoms with van der Waals surface area (Å²) in [6.45, 7) is 2.15. The van der Waals surface area contributed by atoms with Gasteiger partial charge in [-0.25, -0.2) is 4.39 Å². The fourth-order valence-corrected chi connectivity index (χ4v) is 1.35. The number of hydrogen-bond donors (Lipinski definition) is 1. The number of carbonyl (C=O) groups excluding carboxylic acids is 1. The van der Waals surface area contributed by atoms with Crippen LogP contribution in [0, 0.1) is 17.7 Å². The molecule has 1 aromatic rings. The molecule has 0 aromatic heterocycles. The van der Waals surface area contributed by atoms with E-state index in [9.17, 15) is 9.18 Å². The van der Waals surface area contributed by atoms with Crippen LogP contribution in [0.4, 0.5) is 4.39 Å². The van der Waals surface area contributed by atoms with Gasteiger partial charge in [-0.3, -0.25) is 4.79 Å². The third-order valence-corrected chi connectivity index (χ3v) is 2.29. The van der Waals surface area contributed by atoms with Crippen LogP contribution in [0.1, 0.15) is 23.7 Å². The van der Waals surface area contributed by atoms with Crippen molar-refractivity contribution in [3.63, 3.8) is 0 Å². The Morgan fingerprint density at radius 3 is 3.00 bits per heavy atom. The van der Waals surface area contributed by atoms with Crippen LogP contribution in [-0.2, 0) is 0 Å². The summed E-state index contributed by atoms with van der Waals surface area (Å²) in [7, 11) is 0. The van der Waals surface area contributed by atoms with Crippen LogP contribution in [0.15, 0.2) is 18.2 Å². The molecule has 0 aliphatic heterocycles. The van der Waals surface area contributed by atoms with Crippen molar-refractivity contribution in [1.82, 2.24) is 5.32 Å². The number of amides is 1. The van der Waals surface area contributed by atoms with Crippen LogP contribution in [0.25, 0.3) is 0 Å². The Kier molecular flexibility index (Phi) is 4.81. The maximum absolute atomic E-state index is 13.0. The molecule has 1 rings (SSSR count). The number of benzene rings is 1. The molecule has 0 atom stereocenters. The highest BCUT2D eigenvalue weighted by Crippen LogP contribution is 2.19. The molecule has 1 amide bonds. The third-order valence-electron chi connectivity index (χ3n) is 1.91. The predicted molar refractivity (Wildman–Crippen MR) is 61.8 cm³/mol. The van der Waals surface area contributed by atoms with E-state index in [1.54, 1.807) is 6.92 Å². The van der Waals surface area contributed by atoms with Crippen LogP contribution in [0.2, 0.25) is 5.02 Å². The Morgan fingerprint density at radius 2 is 2.31 bits per heavy atom. The SMILES string of the molecule is CC#CCCNC(=O)c1cccc(F)c1Cl. The maximum Gasteiger partial charge on any atom is 0.252 e. The first-order valence-electron chi connectivity index (χ1n) is 4.78. The van der Waals surface area contributed by atoms with E-state index in [2.05, 4.69) is 17.2 Å². The smallest absolute Gasteiger partial charge is 0.252 e. The fourth-order valence-electron chi connectivity index (χ4n) is 1.14. The fraction of sp³-hybridized carbons (Fsp3) is 0.250. The minimum absolute atomic E-state index is 0.145. The van der Waals surface area contributed by atoms with Crippen molar-refractivity contribution in [2.75, 3.05) is 6.54 Å². The number of halogens is 2. The third kappa shape index (κ3) is 3.25. The summed E-state index contributed by atoms with van der Waals surface area (Å²) in [4.78, 5) is 11.6. The Balaban J connectivity index is 2.65. The van der Waals surface area contributed by atoms with E-state index in [1.165, 1.54) is 18.2 Å². The van der Waals surface area contributed by atoms with E-state index < -0.39 is 5.82 Å². The molecule has 0 saturated carbocycles. The summed E-state index contributed by atoms with van der Waals surface area (Å²) < 4.78 is 13.0. The molecule has 0 fully saturated rings. The Morgan fingerprint density at radius 1 is 1.56 bits per heavy atom. The quantitative estimate of drug-likeness (QED) is 0.638. The molecule has 4 heteroatoms. The van der Waals surface area contributed by atoms with Crippen LogP contribution >= 0.6 is 11.6 Å².